The summed E-state index contributed by atoms with van der Waals surface area (Å²) in [5, 5.41) is 19.9. The SMILES string of the molecule is O=C(O)C(=CC1CCOCC1)c1ccc([N+](=O)[O-])cc1. The summed E-state index contributed by atoms with van der Waals surface area (Å²) in [7, 11) is 0. The number of nitro benzene ring substituents is 1. The van der Waals surface area contributed by atoms with Gasteiger partial charge in [0, 0.05) is 25.3 Å². The molecule has 0 radical (unpaired) electrons. The Hall–Kier alpha value is -2.21. The van der Waals surface area contributed by atoms with Crippen LogP contribution in [0.15, 0.2) is 30.3 Å². The predicted octanol–water partition coefficient (Wildman–Crippen LogP) is 2.49. The minimum Gasteiger partial charge on any atom is -0.478 e. The molecule has 0 unspecified atom stereocenters. The summed E-state index contributed by atoms with van der Waals surface area (Å²) in [5.41, 5.74) is 0.617. The molecule has 106 valence electrons. The number of carbonyl (C=O) groups is 1. The highest BCUT2D eigenvalue weighted by atomic mass is 16.6. The average molecular weight is 277 g/mol. The number of aliphatic carboxylic acids is 1. The lowest BCUT2D eigenvalue weighted by Crippen LogP contribution is -2.15. The molecule has 1 aromatic carbocycles. The van der Waals surface area contributed by atoms with Crippen LogP contribution in [0.2, 0.25) is 0 Å². The molecule has 20 heavy (non-hydrogen) atoms. The minimum atomic E-state index is -1.02. The number of nitro groups is 1. The monoisotopic (exact) mass is 277 g/mol. The molecule has 0 aromatic heterocycles. The molecule has 6 heteroatoms. The molecule has 2 rings (SSSR count). The number of carboxylic acids is 1. The van der Waals surface area contributed by atoms with Gasteiger partial charge in [-0.25, -0.2) is 4.79 Å². The maximum absolute atomic E-state index is 11.4. The average Bonchev–Trinajstić information content (AvgIpc) is 2.45. The number of allylic oxidation sites excluding steroid dienone is 1. The number of rotatable bonds is 4. The molecular formula is C14H15NO5. The number of hydrogen-bond acceptors (Lipinski definition) is 4. The van der Waals surface area contributed by atoms with Crippen molar-refractivity contribution in [3.8, 4) is 0 Å². The third kappa shape index (κ3) is 3.42. The molecule has 0 atom stereocenters. The highest BCUT2D eigenvalue weighted by molar-refractivity contribution is 6.15. The molecule has 6 nitrogen and oxygen atoms in total. The van der Waals surface area contributed by atoms with Gasteiger partial charge in [-0.2, -0.15) is 0 Å². The third-order valence-electron chi connectivity index (χ3n) is 3.29. The number of carboxylic acid groups (broad SMARTS) is 1. The zero-order chi connectivity index (χ0) is 14.5. The van der Waals surface area contributed by atoms with Gasteiger partial charge in [-0.3, -0.25) is 10.1 Å². The predicted molar refractivity (Wildman–Crippen MR) is 72.3 cm³/mol. The number of nitrogens with zero attached hydrogens (tertiary/aromatic N) is 1. The van der Waals surface area contributed by atoms with E-state index in [0.29, 0.717) is 18.8 Å². The van der Waals surface area contributed by atoms with E-state index in [1.165, 1.54) is 24.3 Å². The maximum atomic E-state index is 11.4. The quantitative estimate of drug-likeness (QED) is 0.518. The summed E-state index contributed by atoms with van der Waals surface area (Å²) in [6.07, 6.45) is 3.32. The summed E-state index contributed by atoms with van der Waals surface area (Å²) >= 11 is 0. The van der Waals surface area contributed by atoms with Gasteiger partial charge in [-0.05, 0) is 36.5 Å². The molecule has 1 aliphatic rings. The van der Waals surface area contributed by atoms with Crippen molar-refractivity contribution in [2.45, 2.75) is 12.8 Å². The van der Waals surface area contributed by atoms with Crippen LogP contribution in [0.4, 0.5) is 5.69 Å². The molecule has 1 saturated heterocycles. The van der Waals surface area contributed by atoms with Gasteiger partial charge < -0.3 is 9.84 Å². The first-order valence-corrected chi connectivity index (χ1v) is 6.35. The molecular weight excluding hydrogens is 262 g/mol. The molecule has 0 saturated carbocycles. The summed E-state index contributed by atoms with van der Waals surface area (Å²) in [4.78, 5) is 21.4. The van der Waals surface area contributed by atoms with Crippen molar-refractivity contribution in [1.82, 2.24) is 0 Å². The largest absolute Gasteiger partial charge is 0.478 e. The Morgan fingerprint density at radius 1 is 1.30 bits per heavy atom. The Kier molecular flexibility index (Phi) is 4.47. The molecule has 1 heterocycles. The third-order valence-corrected chi connectivity index (χ3v) is 3.29. The molecule has 1 N–H and O–H groups in total. The number of non-ortho nitro benzene ring substituents is 1. The number of ether oxygens (including phenoxy) is 1. The molecule has 0 amide bonds. The molecule has 1 aromatic rings. The van der Waals surface area contributed by atoms with Crippen molar-refractivity contribution in [2.24, 2.45) is 5.92 Å². The lowest BCUT2D eigenvalue weighted by atomic mass is 9.94. The smallest absolute Gasteiger partial charge is 0.335 e. The topological polar surface area (TPSA) is 89.7 Å². The van der Waals surface area contributed by atoms with Gasteiger partial charge in [0.2, 0.25) is 0 Å². The van der Waals surface area contributed by atoms with Crippen molar-refractivity contribution in [3.63, 3.8) is 0 Å². The van der Waals surface area contributed by atoms with E-state index >= 15 is 0 Å². The van der Waals surface area contributed by atoms with Crippen molar-refractivity contribution in [3.05, 3.63) is 46.0 Å². The van der Waals surface area contributed by atoms with Gasteiger partial charge in [-0.15, -0.1) is 0 Å². The Bertz CT molecular complexity index is 529. The molecule has 1 aliphatic heterocycles. The van der Waals surface area contributed by atoms with E-state index in [0.717, 1.165) is 12.8 Å². The van der Waals surface area contributed by atoms with Gasteiger partial charge in [-0.1, -0.05) is 6.08 Å². The normalized spacial score (nSPS) is 16.9. The second-order valence-corrected chi connectivity index (χ2v) is 4.64. The first-order chi connectivity index (χ1) is 9.58. The van der Waals surface area contributed by atoms with E-state index < -0.39 is 10.9 Å². The van der Waals surface area contributed by atoms with Crippen LogP contribution in [0.5, 0.6) is 0 Å². The van der Waals surface area contributed by atoms with Crippen molar-refractivity contribution < 1.29 is 19.6 Å². The van der Waals surface area contributed by atoms with Crippen molar-refractivity contribution in [2.75, 3.05) is 13.2 Å². The fourth-order valence-electron chi connectivity index (χ4n) is 2.17. The molecule has 1 fully saturated rings. The minimum absolute atomic E-state index is 0.0513. The summed E-state index contributed by atoms with van der Waals surface area (Å²) in [5.74, 6) is -0.851. The van der Waals surface area contributed by atoms with Gasteiger partial charge in [0.15, 0.2) is 0 Å². The van der Waals surface area contributed by atoms with Crippen molar-refractivity contribution >= 4 is 17.2 Å². The van der Waals surface area contributed by atoms with Crippen LogP contribution in [-0.2, 0) is 9.53 Å². The highest BCUT2D eigenvalue weighted by Gasteiger charge is 2.17. The Labute approximate surface area is 115 Å². The Morgan fingerprint density at radius 3 is 2.40 bits per heavy atom. The van der Waals surface area contributed by atoms with Crippen molar-refractivity contribution in [1.29, 1.82) is 0 Å². The lowest BCUT2D eigenvalue weighted by Gasteiger charge is -2.19. The van der Waals surface area contributed by atoms with E-state index in [1.54, 1.807) is 6.08 Å². The van der Waals surface area contributed by atoms with E-state index in [4.69, 9.17) is 4.74 Å². The van der Waals surface area contributed by atoms with Crippen LogP contribution >= 0.6 is 0 Å². The fourth-order valence-corrected chi connectivity index (χ4v) is 2.17. The van der Waals surface area contributed by atoms with Crippen LogP contribution in [0.25, 0.3) is 5.57 Å². The standard InChI is InChI=1S/C14H15NO5/c16-14(17)13(9-10-5-7-20-8-6-10)11-1-3-12(4-2-11)15(18)19/h1-4,9-10H,5-8H2,(H,16,17). The summed E-state index contributed by atoms with van der Waals surface area (Å²) in [6, 6.07) is 5.57. The summed E-state index contributed by atoms with van der Waals surface area (Å²) < 4.78 is 5.24. The van der Waals surface area contributed by atoms with Crippen LogP contribution in [0, 0.1) is 16.0 Å². The summed E-state index contributed by atoms with van der Waals surface area (Å²) in [6.45, 7) is 1.27. The fraction of sp³-hybridized carbons (Fsp3) is 0.357. The van der Waals surface area contributed by atoms with Crippen LogP contribution in [0.1, 0.15) is 18.4 Å². The zero-order valence-corrected chi connectivity index (χ0v) is 10.8. The first kappa shape index (κ1) is 14.2. The Morgan fingerprint density at radius 2 is 1.90 bits per heavy atom. The molecule has 0 bridgehead atoms. The second-order valence-electron chi connectivity index (χ2n) is 4.64. The van der Waals surface area contributed by atoms with Gasteiger partial charge in [0.1, 0.15) is 0 Å². The van der Waals surface area contributed by atoms with E-state index in [9.17, 15) is 20.0 Å². The second kappa shape index (κ2) is 6.29. The molecule has 0 spiro atoms. The van der Waals surface area contributed by atoms with E-state index in [1.807, 2.05) is 0 Å². The van der Waals surface area contributed by atoms with Crippen LogP contribution in [0.3, 0.4) is 0 Å². The lowest BCUT2D eigenvalue weighted by molar-refractivity contribution is -0.384. The molecule has 0 aliphatic carbocycles. The first-order valence-electron chi connectivity index (χ1n) is 6.35. The highest BCUT2D eigenvalue weighted by Crippen LogP contribution is 2.24. The van der Waals surface area contributed by atoms with Gasteiger partial charge >= 0.3 is 5.97 Å². The zero-order valence-electron chi connectivity index (χ0n) is 10.8. The Balaban J connectivity index is 2.25. The number of benzene rings is 1. The maximum Gasteiger partial charge on any atom is 0.335 e. The van der Waals surface area contributed by atoms with Gasteiger partial charge in [0.05, 0.1) is 10.5 Å². The van der Waals surface area contributed by atoms with Gasteiger partial charge in [0.25, 0.3) is 5.69 Å². The van der Waals surface area contributed by atoms with E-state index in [-0.39, 0.29) is 17.2 Å². The van der Waals surface area contributed by atoms with Crippen LogP contribution in [-0.4, -0.2) is 29.2 Å². The van der Waals surface area contributed by atoms with E-state index in [2.05, 4.69) is 0 Å². The van der Waals surface area contributed by atoms with Crippen LogP contribution < -0.4 is 0 Å². The number of hydrogen-bond donors (Lipinski definition) is 1.